The number of halogens is 2. The summed E-state index contributed by atoms with van der Waals surface area (Å²) < 4.78 is 23.5. The monoisotopic (exact) mass is 324 g/mol. The minimum Gasteiger partial charge on any atom is -0.494 e. The standard InChI is InChI=1S/C15H14ClFN2O3/c1-9(22-13-4-3-10(17)7-11(13)16)15(20)19-12-8-18-6-5-14(12)21-2/h3-9H,1-2H3,(H,19,20)/t9-/m0/s1. The van der Waals surface area contributed by atoms with Crippen molar-refractivity contribution in [1.82, 2.24) is 4.98 Å². The first kappa shape index (κ1) is 16.0. The van der Waals surface area contributed by atoms with Gasteiger partial charge in [0.15, 0.2) is 6.10 Å². The van der Waals surface area contributed by atoms with E-state index < -0.39 is 17.8 Å². The van der Waals surface area contributed by atoms with Gasteiger partial charge in [0.1, 0.15) is 23.0 Å². The third-order valence-electron chi connectivity index (χ3n) is 2.83. The van der Waals surface area contributed by atoms with Crippen molar-refractivity contribution >= 4 is 23.2 Å². The maximum absolute atomic E-state index is 13.0. The summed E-state index contributed by atoms with van der Waals surface area (Å²) >= 11 is 5.86. The van der Waals surface area contributed by atoms with Crippen LogP contribution < -0.4 is 14.8 Å². The highest BCUT2D eigenvalue weighted by molar-refractivity contribution is 6.32. The molecule has 1 amide bonds. The van der Waals surface area contributed by atoms with Gasteiger partial charge in [-0.05, 0) is 25.1 Å². The summed E-state index contributed by atoms with van der Waals surface area (Å²) in [6, 6.07) is 5.31. The molecular formula is C15H14ClFN2O3. The highest BCUT2D eigenvalue weighted by atomic mass is 35.5. The highest BCUT2D eigenvalue weighted by Gasteiger charge is 2.18. The number of aromatic nitrogens is 1. The van der Waals surface area contributed by atoms with Crippen LogP contribution in [0.1, 0.15) is 6.92 Å². The zero-order valence-corrected chi connectivity index (χ0v) is 12.7. The lowest BCUT2D eigenvalue weighted by molar-refractivity contribution is -0.122. The average molecular weight is 325 g/mol. The number of hydrogen-bond acceptors (Lipinski definition) is 4. The van der Waals surface area contributed by atoms with Crippen molar-refractivity contribution in [2.75, 3.05) is 12.4 Å². The van der Waals surface area contributed by atoms with Gasteiger partial charge in [-0.2, -0.15) is 0 Å². The Morgan fingerprint density at radius 3 is 2.82 bits per heavy atom. The first-order valence-corrected chi connectivity index (χ1v) is 6.79. The van der Waals surface area contributed by atoms with Crippen LogP contribution in [0.2, 0.25) is 5.02 Å². The number of hydrogen-bond donors (Lipinski definition) is 1. The summed E-state index contributed by atoms with van der Waals surface area (Å²) in [5, 5.41) is 2.74. The number of benzene rings is 1. The number of rotatable bonds is 5. The fourth-order valence-corrected chi connectivity index (χ4v) is 1.91. The fraction of sp³-hybridized carbons (Fsp3) is 0.200. The van der Waals surface area contributed by atoms with Crippen LogP contribution in [-0.2, 0) is 4.79 Å². The van der Waals surface area contributed by atoms with Gasteiger partial charge in [-0.1, -0.05) is 11.6 Å². The van der Waals surface area contributed by atoms with Crippen molar-refractivity contribution < 1.29 is 18.7 Å². The number of carbonyl (C=O) groups excluding carboxylic acids is 1. The molecule has 5 nitrogen and oxygen atoms in total. The van der Waals surface area contributed by atoms with E-state index in [2.05, 4.69) is 10.3 Å². The van der Waals surface area contributed by atoms with Gasteiger partial charge in [-0.15, -0.1) is 0 Å². The molecule has 0 aliphatic carbocycles. The molecule has 0 fully saturated rings. The number of nitrogens with one attached hydrogen (secondary N) is 1. The van der Waals surface area contributed by atoms with Crippen molar-refractivity contribution in [3.8, 4) is 11.5 Å². The van der Waals surface area contributed by atoms with Gasteiger partial charge in [-0.25, -0.2) is 4.39 Å². The Hall–Kier alpha value is -2.34. The molecule has 1 atom stereocenters. The Labute approximate surface area is 132 Å². The summed E-state index contributed by atoms with van der Waals surface area (Å²) in [7, 11) is 1.49. The second-order valence-corrected chi connectivity index (χ2v) is 4.81. The van der Waals surface area contributed by atoms with E-state index in [1.54, 1.807) is 19.2 Å². The molecule has 0 saturated heterocycles. The van der Waals surface area contributed by atoms with Crippen LogP contribution in [0.25, 0.3) is 0 Å². The molecule has 7 heteroatoms. The van der Waals surface area contributed by atoms with E-state index in [1.807, 2.05) is 0 Å². The largest absolute Gasteiger partial charge is 0.494 e. The zero-order chi connectivity index (χ0) is 16.1. The Balaban J connectivity index is 2.06. The number of pyridine rings is 1. The lowest BCUT2D eigenvalue weighted by Crippen LogP contribution is -2.30. The Kier molecular flexibility index (Phi) is 5.16. The van der Waals surface area contributed by atoms with E-state index >= 15 is 0 Å². The van der Waals surface area contributed by atoms with Gasteiger partial charge in [0.25, 0.3) is 5.91 Å². The van der Waals surface area contributed by atoms with Crippen molar-refractivity contribution in [1.29, 1.82) is 0 Å². The van der Waals surface area contributed by atoms with Crippen LogP contribution in [0.4, 0.5) is 10.1 Å². The summed E-state index contributed by atoms with van der Waals surface area (Å²) in [5.41, 5.74) is 0.427. The van der Waals surface area contributed by atoms with Crippen LogP contribution >= 0.6 is 11.6 Å². The van der Waals surface area contributed by atoms with Crippen LogP contribution in [0.15, 0.2) is 36.7 Å². The van der Waals surface area contributed by atoms with Crippen molar-refractivity contribution in [3.63, 3.8) is 0 Å². The van der Waals surface area contributed by atoms with E-state index in [0.29, 0.717) is 11.4 Å². The van der Waals surface area contributed by atoms with Crippen molar-refractivity contribution in [2.45, 2.75) is 13.0 Å². The van der Waals surface area contributed by atoms with Gasteiger partial charge in [0.2, 0.25) is 0 Å². The molecule has 1 aromatic carbocycles. The molecule has 0 bridgehead atoms. The number of anilines is 1. The predicted molar refractivity (Wildman–Crippen MR) is 80.9 cm³/mol. The number of ether oxygens (including phenoxy) is 2. The van der Waals surface area contributed by atoms with Gasteiger partial charge in [-0.3, -0.25) is 9.78 Å². The van der Waals surface area contributed by atoms with E-state index in [-0.39, 0.29) is 10.8 Å². The number of amides is 1. The third kappa shape index (κ3) is 3.85. The normalized spacial score (nSPS) is 11.6. The van der Waals surface area contributed by atoms with Gasteiger partial charge >= 0.3 is 0 Å². The summed E-state index contributed by atoms with van der Waals surface area (Å²) in [5.74, 6) is -0.180. The molecule has 1 aromatic heterocycles. The average Bonchev–Trinajstić information content (AvgIpc) is 2.50. The molecular weight excluding hydrogens is 311 g/mol. The van der Waals surface area contributed by atoms with Crippen LogP contribution in [0.5, 0.6) is 11.5 Å². The predicted octanol–water partition coefficient (Wildman–Crippen LogP) is 3.29. The van der Waals surface area contributed by atoms with E-state index in [1.165, 1.54) is 25.4 Å². The summed E-state index contributed by atoms with van der Waals surface area (Å²) in [6.07, 6.45) is 2.17. The summed E-state index contributed by atoms with van der Waals surface area (Å²) in [4.78, 5) is 16.0. The molecule has 116 valence electrons. The van der Waals surface area contributed by atoms with Crippen LogP contribution in [-0.4, -0.2) is 24.1 Å². The molecule has 2 aromatic rings. The second-order valence-electron chi connectivity index (χ2n) is 4.40. The smallest absolute Gasteiger partial charge is 0.265 e. The number of methoxy groups -OCH3 is 1. The van der Waals surface area contributed by atoms with E-state index in [0.717, 1.165) is 6.07 Å². The number of carbonyl (C=O) groups is 1. The number of nitrogens with zero attached hydrogens (tertiary/aromatic N) is 1. The Morgan fingerprint density at radius 2 is 2.14 bits per heavy atom. The van der Waals surface area contributed by atoms with Crippen molar-refractivity contribution in [3.05, 3.63) is 47.5 Å². The fourth-order valence-electron chi connectivity index (χ4n) is 1.70. The van der Waals surface area contributed by atoms with Crippen LogP contribution in [0, 0.1) is 5.82 Å². The topological polar surface area (TPSA) is 60.5 Å². The van der Waals surface area contributed by atoms with Gasteiger partial charge in [0.05, 0.1) is 18.3 Å². The van der Waals surface area contributed by atoms with E-state index in [4.69, 9.17) is 21.1 Å². The molecule has 1 N–H and O–H groups in total. The van der Waals surface area contributed by atoms with E-state index in [9.17, 15) is 9.18 Å². The maximum atomic E-state index is 13.0. The Morgan fingerprint density at radius 1 is 1.36 bits per heavy atom. The molecule has 0 saturated carbocycles. The molecule has 0 radical (unpaired) electrons. The molecule has 0 unspecified atom stereocenters. The lowest BCUT2D eigenvalue weighted by atomic mass is 10.3. The third-order valence-corrected chi connectivity index (χ3v) is 3.12. The minimum absolute atomic E-state index is 0.0959. The van der Waals surface area contributed by atoms with Crippen molar-refractivity contribution in [2.24, 2.45) is 0 Å². The van der Waals surface area contributed by atoms with Gasteiger partial charge in [0, 0.05) is 12.3 Å². The molecule has 0 spiro atoms. The maximum Gasteiger partial charge on any atom is 0.265 e. The summed E-state index contributed by atoms with van der Waals surface area (Å²) in [6.45, 7) is 1.55. The molecule has 0 aliphatic heterocycles. The van der Waals surface area contributed by atoms with Gasteiger partial charge < -0.3 is 14.8 Å². The molecule has 2 rings (SSSR count). The first-order chi connectivity index (χ1) is 10.5. The lowest BCUT2D eigenvalue weighted by Gasteiger charge is -2.16. The molecule has 22 heavy (non-hydrogen) atoms. The Bertz CT molecular complexity index is 682. The zero-order valence-electron chi connectivity index (χ0n) is 12.0. The second kappa shape index (κ2) is 7.09. The quantitative estimate of drug-likeness (QED) is 0.916. The SMILES string of the molecule is COc1ccncc1NC(=O)[C@H](C)Oc1ccc(F)cc1Cl. The van der Waals surface area contributed by atoms with Crippen LogP contribution in [0.3, 0.4) is 0 Å². The molecule has 0 aliphatic rings. The first-order valence-electron chi connectivity index (χ1n) is 6.42. The molecule has 1 heterocycles. The highest BCUT2D eigenvalue weighted by Crippen LogP contribution is 2.26. The minimum atomic E-state index is -0.840.